The van der Waals surface area contributed by atoms with Crippen molar-refractivity contribution in [3.8, 4) is 0 Å². The molecule has 0 saturated carbocycles. The minimum absolute atomic E-state index is 0.0590. The average Bonchev–Trinajstić information content (AvgIpc) is 2.67. The second-order valence-corrected chi connectivity index (χ2v) is 7.06. The van der Waals surface area contributed by atoms with Gasteiger partial charge in [-0.25, -0.2) is 4.99 Å². The first-order valence-corrected chi connectivity index (χ1v) is 10.5. The fraction of sp³-hybridized carbons (Fsp3) is 0.524. The first kappa shape index (κ1) is 25.4. The van der Waals surface area contributed by atoms with E-state index in [1.807, 2.05) is 37.4 Å². The van der Waals surface area contributed by atoms with Crippen LogP contribution >= 0.6 is 11.8 Å². The van der Waals surface area contributed by atoms with Gasteiger partial charge in [-0.05, 0) is 51.5 Å². The number of amides is 1. The summed E-state index contributed by atoms with van der Waals surface area (Å²) < 4.78 is 5.55. The van der Waals surface area contributed by atoms with Crippen LogP contribution in [-0.2, 0) is 9.53 Å². The van der Waals surface area contributed by atoms with Crippen LogP contribution in [0.4, 0.5) is 0 Å². The number of hydrogen-bond donors (Lipinski definition) is 2. The van der Waals surface area contributed by atoms with E-state index in [2.05, 4.69) is 44.6 Å². The zero-order valence-electron chi connectivity index (χ0n) is 17.5. The molecule has 0 aliphatic rings. The summed E-state index contributed by atoms with van der Waals surface area (Å²) in [5.74, 6) is -0.264. The van der Waals surface area contributed by atoms with Crippen LogP contribution in [-0.4, -0.2) is 36.1 Å². The number of benzene rings is 1. The van der Waals surface area contributed by atoms with Crippen LogP contribution in [0.5, 0.6) is 0 Å². The number of nitrogens with one attached hydrogen (secondary N) is 1. The van der Waals surface area contributed by atoms with E-state index >= 15 is 0 Å². The number of aliphatic imine (C=N–C) groups is 1. The van der Waals surface area contributed by atoms with Gasteiger partial charge in [0.05, 0.1) is 24.4 Å². The maximum Gasteiger partial charge on any atom is 0.239 e. The number of rotatable bonds is 7. The molecule has 2 unspecified atom stereocenters. The molecule has 0 saturated heterocycles. The van der Waals surface area contributed by atoms with Gasteiger partial charge in [-0.15, -0.1) is 0 Å². The van der Waals surface area contributed by atoms with Crippen LogP contribution in [0.1, 0.15) is 51.7 Å². The molecule has 0 aliphatic heterocycles. The Morgan fingerprint density at radius 3 is 2.33 bits per heavy atom. The molecule has 0 aliphatic carbocycles. The zero-order valence-corrected chi connectivity index (χ0v) is 18.4. The Kier molecular flexibility index (Phi) is 13.6. The van der Waals surface area contributed by atoms with Gasteiger partial charge >= 0.3 is 0 Å². The molecular formula is C21H35N3O2S. The molecule has 1 aromatic carbocycles. The molecule has 1 aromatic rings. The molecule has 0 bridgehead atoms. The van der Waals surface area contributed by atoms with Gasteiger partial charge in [-0.2, -0.15) is 0 Å². The van der Waals surface area contributed by atoms with E-state index in [1.165, 1.54) is 11.8 Å². The maximum atomic E-state index is 11.2. The third-order valence-electron chi connectivity index (χ3n) is 3.83. The normalized spacial score (nSPS) is 13.2. The van der Waals surface area contributed by atoms with Crippen molar-refractivity contribution in [2.24, 2.45) is 10.7 Å². The molecular weight excluding hydrogens is 358 g/mol. The van der Waals surface area contributed by atoms with Crippen LogP contribution in [0, 0.1) is 6.92 Å². The van der Waals surface area contributed by atoms with E-state index in [-0.39, 0.29) is 12.5 Å². The molecule has 0 radical (unpaired) electrons. The summed E-state index contributed by atoms with van der Waals surface area (Å²) in [6.45, 7) is 14.4. The van der Waals surface area contributed by atoms with E-state index in [1.54, 1.807) is 0 Å². The molecule has 152 valence electrons. The molecule has 1 amide bonds. The number of hydrogen-bond acceptors (Lipinski definition) is 5. The topological polar surface area (TPSA) is 76.7 Å². The number of aryl methyl sites for hydroxylation is 1. The Bertz CT molecular complexity index is 609. The Hall–Kier alpha value is -1.63. The monoisotopic (exact) mass is 393 g/mol. The number of nitrogens with zero attached hydrogens (tertiary/aromatic N) is 1. The molecule has 5 nitrogen and oxygen atoms in total. The second-order valence-electron chi connectivity index (χ2n) is 6.26. The Morgan fingerprint density at radius 1 is 1.30 bits per heavy atom. The van der Waals surface area contributed by atoms with Crippen molar-refractivity contribution in [3.05, 3.63) is 42.0 Å². The van der Waals surface area contributed by atoms with Crippen molar-refractivity contribution in [1.29, 1.82) is 0 Å². The van der Waals surface area contributed by atoms with Crippen LogP contribution < -0.4 is 11.1 Å². The van der Waals surface area contributed by atoms with E-state index in [4.69, 9.17) is 10.5 Å². The highest BCUT2D eigenvalue weighted by Gasteiger charge is 2.05. The maximum absolute atomic E-state index is 11.2. The molecule has 0 fully saturated rings. The summed E-state index contributed by atoms with van der Waals surface area (Å²) in [5, 5.41) is 3.12. The highest BCUT2D eigenvalue weighted by atomic mass is 32.2. The standard InChI is InChI=1S/C13H17N3OS.C8H18O/c1-9-5-4-6-11(7-9)10(2)15-13(18-3)16-12(17)8-14;1-5-7(3)9-8(4)6-2/h4-7H,2,8,14H2,1,3H3,(H,15,16,17);7-8H,5-6H2,1-4H3. The molecule has 0 aromatic heterocycles. The lowest BCUT2D eigenvalue weighted by molar-refractivity contribution is -0.118. The average molecular weight is 394 g/mol. The summed E-state index contributed by atoms with van der Waals surface area (Å²) in [7, 11) is 0. The lowest BCUT2D eigenvalue weighted by atomic mass is 10.1. The van der Waals surface area contributed by atoms with Crippen molar-refractivity contribution in [2.75, 3.05) is 12.8 Å². The van der Waals surface area contributed by atoms with Crippen LogP contribution in [0.15, 0.2) is 35.8 Å². The summed E-state index contributed by atoms with van der Waals surface area (Å²) in [5.41, 5.74) is 7.92. The second kappa shape index (κ2) is 14.4. The lowest BCUT2D eigenvalue weighted by Gasteiger charge is -2.15. The van der Waals surface area contributed by atoms with Crippen molar-refractivity contribution >= 4 is 28.5 Å². The fourth-order valence-corrected chi connectivity index (χ4v) is 2.31. The number of amidine groups is 1. The summed E-state index contributed by atoms with van der Waals surface area (Å²) in [6, 6.07) is 7.88. The molecule has 1 rings (SSSR count). The van der Waals surface area contributed by atoms with E-state index in [9.17, 15) is 4.79 Å². The molecule has 27 heavy (non-hydrogen) atoms. The van der Waals surface area contributed by atoms with Gasteiger partial charge in [0, 0.05) is 0 Å². The van der Waals surface area contributed by atoms with Crippen molar-refractivity contribution in [1.82, 2.24) is 5.32 Å². The van der Waals surface area contributed by atoms with E-state index in [0.717, 1.165) is 24.0 Å². The summed E-state index contributed by atoms with van der Waals surface area (Å²) in [6.07, 6.45) is 4.92. The van der Waals surface area contributed by atoms with Crippen molar-refractivity contribution < 1.29 is 9.53 Å². The van der Waals surface area contributed by atoms with Crippen molar-refractivity contribution in [3.63, 3.8) is 0 Å². The number of ether oxygens (including phenoxy) is 1. The first-order chi connectivity index (χ1) is 12.8. The smallest absolute Gasteiger partial charge is 0.239 e. The van der Waals surface area contributed by atoms with E-state index < -0.39 is 0 Å². The third-order valence-corrected chi connectivity index (χ3v) is 4.41. The highest BCUT2D eigenvalue weighted by molar-refractivity contribution is 8.13. The first-order valence-electron chi connectivity index (χ1n) is 9.31. The van der Waals surface area contributed by atoms with Crippen LogP contribution in [0.25, 0.3) is 5.70 Å². The summed E-state index contributed by atoms with van der Waals surface area (Å²) in [4.78, 5) is 15.5. The third kappa shape index (κ3) is 11.6. The van der Waals surface area contributed by atoms with Gasteiger partial charge in [0.1, 0.15) is 0 Å². The Morgan fingerprint density at radius 2 is 1.89 bits per heavy atom. The quantitative estimate of drug-likeness (QED) is 0.533. The molecule has 6 heteroatoms. The minimum Gasteiger partial charge on any atom is -0.376 e. The highest BCUT2D eigenvalue weighted by Crippen LogP contribution is 2.16. The lowest BCUT2D eigenvalue weighted by Crippen LogP contribution is -2.33. The minimum atomic E-state index is -0.264. The zero-order chi connectivity index (χ0) is 20.8. The molecule has 0 spiro atoms. The largest absolute Gasteiger partial charge is 0.376 e. The van der Waals surface area contributed by atoms with Crippen molar-refractivity contribution in [2.45, 2.75) is 59.7 Å². The Balaban J connectivity index is 0.000000636. The number of nitrogens with two attached hydrogens (primary N) is 1. The van der Waals surface area contributed by atoms with E-state index in [0.29, 0.717) is 23.1 Å². The molecule has 2 atom stereocenters. The van der Waals surface area contributed by atoms with Gasteiger partial charge in [-0.3, -0.25) is 4.79 Å². The number of thioether (sulfide) groups is 1. The van der Waals surface area contributed by atoms with Gasteiger partial charge in [-0.1, -0.05) is 56.0 Å². The van der Waals surface area contributed by atoms with Gasteiger partial charge in [0.15, 0.2) is 5.17 Å². The van der Waals surface area contributed by atoms with Gasteiger partial charge in [0.25, 0.3) is 0 Å². The van der Waals surface area contributed by atoms with Gasteiger partial charge < -0.3 is 15.8 Å². The molecule has 3 N–H and O–H groups in total. The number of carbonyl (C=O) groups excluding carboxylic acids is 1. The van der Waals surface area contributed by atoms with Crippen LogP contribution in [0.3, 0.4) is 0 Å². The Labute approximate surface area is 168 Å². The SMILES string of the molecule is C=C(N=C(NC(=O)CN)SC)c1cccc(C)c1.CCC(C)OC(C)CC. The summed E-state index contributed by atoms with van der Waals surface area (Å²) >= 11 is 1.34. The van der Waals surface area contributed by atoms with Crippen LogP contribution in [0.2, 0.25) is 0 Å². The number of carbonyl (C=O) groups is 1. The predicted octanol–water partition coefficient (Wildman–Crippen LogP) is 4.36. The fourth-order valence-electron chi connectivity index (χ4n) is 1.90. The predicted molar refractivity (Wildman–Crippen MR) is 119 cm³/mol. The van der Waals surface area contributed by atoms with Gasteiger partial charge in [0.2, 0.25) is 5.91 Å². The molecule has 0 heterocycles.